The fraction of sp³-hybridized carbons (Fsp3) is 0.857. The summed E-state index contributed by atoms with van der Waals surface area (Å²) in [7, 11) is -1.90. The van der Waals surface area contributed by atoms with Crippen LogP contribution in [0.2, 0.25) is 0 Å². The van der Waals surface area contributed by atoms with Crippen molar-refractivity contribution in [2.45, 2.75) is 44.9 Å². The normalized spacial score (nSPS) is 24.7. The van der Waals surface area contributed by atoms with E-state index in [0.29, 0.717) is 25.9 Å². The third kappa shape index (κ3) is 2.35. The maximum Gasteiger partial charge on any atom is 0.238 e. The summed E-state index contributed by atoms with van der Waals surface area (Å²) in [5, 5.41) is 0. The second kappa shape index (κ2) is 4.97. The Balaban J connectivity index is 2.17. The van der Waals surface area contributed by atoms with Gasteiger partial charge in [-0.3, -0.25) is 9.59 Å². The molecule has 120 valence electrons. The minimum atomic E-state index is -3.46. The average Bonchev–Trinajstić information content (AvgIpc) is 2.59. The van der Waals surface area contributed by atoms with Gasteiger partial charge in [-0.25, -0.2) is 8.42 Å². The maximum atomic E-state index is 12.5. The lowest BCUT2D eigenvalue weighted by atomic mass is 9.87. The average molecular weight is 316 g/mol. The molecule has 0 atom stereocenters. The van der Waals surface area contributed by atoms with Crippen molar-refractivity contribution >= 4 is 21.7 Å². The molecular weight excluding hydrogens is 292 g/mol. The van der Waals surface area contributed by atoms with Crippen molar-refractivity contribution < 1.29 is 18.0 Å². The number of likely N-dealkylation sites (tertiary alicyclic amines) is 1. The smallest absolute Gasteiger partial charge is 0.238 e. The van der Waals surface area contributed by atoms with Crippen molar-refractivity contribution in [3.8, 4) is 0 Å². The Labute approximate surface area is 126 Å². The van der Waals surface area contributed by atoms with E-state index in [2.05, 4.69) is 0 Å². The van der Waals surface area contributed by atoms with Crippen LogP contribution in [0.5, 0.6) is 0 Å². The predicted molar refractivity (Wildman–Crippen MR) is 79.2 cm³/mol. The molecule has 2 saturated heterocycles. The quantitative estimate of drug-likeness (QED) is 0.749. The number of carbonyl (C=O) groups excluding carboxylic acids is 2. The topological polar surface area (TPSA) is 74.8 Å². The highest BCUT2D eigenvalue weighted by molar-refractivity contribution is 7.93. The van der Waals surface area contributed by atoms with Crippen LogP contribution >= 0.6 is 0 Å². The van der Waals surface area contributed by atoms with Gasteiger partial charge in [0.15, 0.2) is 9.84 Å². The van der Waals surface area contributed by atoms with Gasteiger partial charge in [0.05, 0.1) is 0 Å². The highest BCUT2D eigenvalue weighted by atomic mass is 32.2. The summed E-state index contributed by atoms with van der Waals surface area (Å²) in [6, 6.07) is 0. The Morgan fingerprint density at radius 2 is 1.81 bits per heavy atom. The molecule has 0 aromatic rings. The van der Waals surface area contributed by atoms with Gasteiger partial charge in [-0.15, -0.1) is 0 Å². The summed E-state index contributed by atoms with van der Waals surface area (Å²) < 4.78 is 24.6. The van der Waals surface area contributed by atoms with Gasteiger partial charge in [0.2, 0.25) is 11.8 Å². The molecule has 0 radical (unpaired) electrons. The number of carbonyl (C=O) groups is 2. The lowest BCUT2D eigenvalue weighted by Crippen LogP contribution is -2.57. The van der Waals surface area contributed by atoms with E-state index in [9.17, 15) is 18.0 Å². The summed E-state index contributed by atoms with van der Waals surface area (Å²) in [5.41, 5.74) is -0.430. The molecule has 0 aliphatic carbocycles. The van der Waals surface area contributed by atoms with Gasteiger partial charge in [-0.2, -0.15) is 0 Å². The van der Waals surface area contributed by atoms with E-state index < -0.39 is 25.9 Å². The number of piperidine rings is 1. The second-order valence-corrected chi connectivity index (χ2v) is 8.97. The monoisotopic (exact) mass is 316 g/mol. The summed E-state index contributed by atoms with van der Waals surface area (Å²) in [4.78, 5) is 26.2. The summed E-state index contributed by atoms with van der Waals surface area (Å²) in [6.45, 7) is 6.55. The molecule has 0 unspecified atom stereocenters. The Kier molecular flexibility index (Phi) is 3.85. The first-order valence-electron chi connectivity index (χ1n) is 7.36. The number of hydrogen-bond acceptors (Lipinski definition) is 4. The summed E-state index contributed by atoms with van der Waals surface area (Å²) in [6.07, 6.45) is 1.36. The van der Waals surface area contributed by atoms with E-state index in [4.69, 9.17) is 0 Å². The van der Waals surface area contributed by atoms with Crippen LogP contribution in [0.1, 0.15) is 40.0 Å². The standard InChI is InChI=1S/C14H24N2O4S/c1-5-13(2,3)12(18)16-8-6-14(7-9-16)15(4)11(17)10-21(14,19)20/h5-10H2,1-4H3. The van der Waals surface area contributed by atoms with Crippen LogP contribution in [0, 0.1) is 5.41 Å². The van der Waals surface area contributed by atoms with Crippen molar-refractivity contribution in [2.75, 3.05) is 25.9 Å². The molecule has 1 spiro atoms. The van der Waals surface area contributed by atoms with Crippen LogP contribution in [0.3, 0.4) is 0 Å². The molecule has 21 heavy (non-hydrogen) atoms. The van der Waals surface area contributed by atoms with Crippen molar-refractivity contribution in [1.29, 1.82) is 0 Å². The first-order chi connectivity index (χ1) is 9.57. The van der Waals surface area contributed by atoms with Crippen LogP contribution in [0.15, 0.2) is 0 Å². The molecule has 2 amide bonds. The van der Waals surface area contributed by atoms with Crippen molar-refractivity contribution in [1.82, 2.24) is 9.80 Å². The lowest BCUT2D eigenvalue weighted by Gasteiger charge is -2.43. The zero-order valence-corrected chi connectivity index (χ0v) is 14.0. The van der Waals surface area contributed by atoms with Crippen LogP contribution in [0.4, 0.5) is 0 Å². The first-order valence-corrected chi connectivity index (χ1v) is 9.01. The molecule has 7 heteroatoms. The van der Waals surface area contributed by atoms with Crippen LogP contribution < -0.4 is 0 Å². The molecule has 0 bridgehead atoms. The second-order valence-electron chi connectivity index (χ2n) is 6.69. The Morgan fingerprint density at radius 3 is 2.19 bits per heavy atom. The fourth-order valence-corrected chi connectivity index (χ4v) is 5.23. The van der Waals surface area contributed by atoms with E-state index in [1.165, 1.54) is 4.90 Å². The van der Waals surface area contributed by atoms with E-state index in [0.717, 1.165) is 6.42 Å². The number of amides is 2. The summed E-state index contributed by atoms with van der Waals surface area (Å²) >= 11 is 0. The third-order valence-corrected chi connectivity index (χ3v) is 7.64. The molecule has 2 rings (SSSR count). The van der Waals surface area contributed by atoms with Gasteiger partial charge >= 0.3 is 0 Å². The van der Waals surface area contributed by atoms with E-state index in [1.54, 1.807) is 11.9 Å². The SMILES string of the molecule is CCC(C)(C)C(=O)N1CCC2(CC1)N(C)C(=O)CS2(=O)=O. The zero-order chi connectivity index (χ0) is 16.1. The Bertz CT molecular complexity index is 560. The van der Waals surface area contributed by atoms with E-state index in [1.807, 2.05) is 20.8 Å². The van der Waals surface area contributed by atoms with Crippen LogP contribution in [-0.2, 0) is 19.4 Å². The van der Waals surface area contributed by atoms with Crippen molar-refractivity contribution in [3.05, 3.63) is 0 Å². The van der Waals surface area contributed by atoms with E-state index in [-0.39, 0.29) is 11.8 Å². The molecule has 0 N–H and O–H groups in total. The maximum absolute atomic E-state index is 12.5. The number of nitrogens with zero attached hydrogens (tertiary/aromatic N) is 2. The first kappa shape index (κ1) is 16.3. The molecule has 2 fully saturated rings. The Hall–Kier alpha value is -1.11. The van der Waals surface area contributed by atoms with Gasteiger partial charge in [-0.05, 0) is 6.42 Å². The minimum Gasteiger partial charge on any atom is -0.342 e. The van der Waals surface area contributed by atoms with E-state index >= 15 is 0 Å². The molecule has 6 nitrogen and oxygen atoms in total. The molecule has 0 saturated carbocycles. The van der Waals surface area contributed by atoms with Gasteiger partial charge in [0.25, 0.3) is 0 Å². The fourth-order valence-electron chi connectivity index (χ4n) is 3.11. The van der Waals surface area contributed by atoms with Gasteiger partial charge in [-0.1, -0.05) is 20.8 Å². The van der Waals surface area contributed by atoms with Crippen LogP contribution in [-0.4, -0.2) is 60.8 Å². The largest absolute Gasteiger partial charge is 0.342 e. The molecule has 2 heterocycles. The predicted octanol–water partition coefficient (Wildman–Crippen LogP) is 0.628. The van der Waals surface area contributed by atoms with Gasteiger partial charge in [0.1, 0.15) is 10.6 Å². The molecule has 2 aliphatic heterocycles. The highest BCUT2D eigenvalue weighted by Gasteiger charge is 2.57. The molecular formula is C14H24N2O4S. The number of rotatable bonds is 2. The number of hydrogen-bond donors (Lipinski definition) is 0. The van der Waals surface area contributed by atoms with Crippen molar-refractivity contribution in [2.24, 2.45) is 5.41 Å². The van der Waals surface area contributed by atoms with Crippen LogP contribution in [0.25, 0.3) is 0 Å². The Morgan fingerprint density at radius 1 is 1.29 bits per heavy atom. The van der Waals surface area contributed by atoms with Gasteiger partial charge < -0.3 is 9.80 Å². The minimum absolute atomic E-state index is 0.0595. The van der Waals surface area contributed by atoms with Crippen molar-refractivity contribution in [3.63, 3.8) is 0 Å². The third-order valence-electron chi connectivity index (χ3n) is 5.17. The molecule has 0 aromatic heterocycles. The lowest BCUT2D eigenvalue weighted by molar-refractivity contribution is -0.142. The molecule has 2 aliphatic rings. The summed E-state index contributed by atoms with van der Waals surface area (Å²) in [5.74, 6) is -0.689. The molecule has 0 aromatic carbocycles. The zero-order valence-electron chi connectivity index (χ0n) is 13.2. The highest BCUT2D eigenvalue weighted by Crippen LogP contribution is 2.39. The van der Waals surface area contributed by atoms with Gasteiger partial charge in [0, 0.05) is 38.4 Å². The number of sulfone groups is 1.